The summed E-state index contributed by atoms with van der Waals surface area (Å²) in [4.78, 5) is 27.6. The molecule has 0 bridgehead atoms. The van der Waals surface area contributed by atoms with Crippen LogP contribution >= 0.6 is 0 Å². The lowest BCUT2D eigenvalue weighted by molar-refractivity contribution is -0.145. The third-order valence-corrected chi connectivity index (χ3v) is 3.27. The summed E-state index contributed by atoms with van der Waals surface area (Å²) in [5, 5.41) is 9.84. The van der Waals surface area contributed by atoms with Crippen LogP contribution < -0.4 is 4.90 Å². The fraction of sp³-hybridized carbons (Fsp3) is 0.286. The van der Waals surface area contributed by atoms with E-state index in [1.807, 2.05) is 31.2 Å². The van der Waals surface area contributed by atoms with Crippen molar-refractivity contribution in [3.8, 4) is 0 Å². The number of carboxylic acid groups (broad SMARTS) is 1. The SMILES string of the molecule is Cc1[nH]c2ccccc2c1N(C)C(=O)C(C)C(=O)O. The van der Waals surface area contributed by atoms with E-state index in [1.54, 1.807) is 7.05 Å². The molecule has 1 aromatic heterocycles. The standard InChI is InChI=1S/C14H16N2O3/c1-8(14(18)19)13(17)16(3)12-9(2)15-11-7-5-4-6-10(11)12/h4-8,15H,1-3H3,(H,18,19). The quantitative estimate of drug-likeness (QED) is 0.830. The first-order chi connectivity index (χ1) is 8.93. The summed E-state index contributed by atoms with van der Waals surface area (Å²) in [6, 6.07) is 7.62. The van der Waals surface area contributed by atoms with Crippen molar-refractivity contribution in [2.45, 2.75) is 13.8 Å². The molecule has 0 aliphatic rings. The van der Waals surface area contributed by atoms with Gasteiger partial charge in [-0.25, -0.2) is 0 Å². The van der Waals surface area contributed by atoms with Crippen LogP contribution in [0, 0.1) is 12.8 Å². The van der Waals surface area contributed by atoms with Crippen LogP contribution in [0.5, 0.6) is 0 Å². The molecule has 0 saturated heterocycles. The van der Waals surface area contributed by atoms with Crippen LogP contribution in [0.25, 0.3) is 10.9 Å². The number of aryl methyl sites for hydroxylation is 1. The minimum atomic E-state index is -1.12. The maximum atomic E-state index is 12.1. The number of carbonyl (C=O) groups excluding carboxylic acids is 1. The van der Waals surface area contributed by atoms with E-state index in [-0.39, 0.29) is 0 Å². The van der Waals surface area contributed by atoms with E-state index >= 15 is 0 Å². The van der Waals surface area contributed by atoms with Crippen molar-refractivity contribution in [3.05, 3.63) is 30.0 Å². The van der Waals surface area contributed by atoms with Crippen molar-refractivity contribution in [1.82, 2.24) is 4.98 Å². The molecule has 1 aromatic carbocycles. The summed E-state index contributed by atoms with van der Waals surface area (Å²) in [6.07, 6.45) is 0. The predicted molar refractivity (Wildman–Crippen MR) is 73.2 cm³/mol. The van der Waals surface area contributed by atoms with Gasteiger partial charge in [-0.2, -0.15) is 0 Å². The van der Waals surface area contributed by atoms with Gasteiger partial charge in [0.2, 0.25) is 5.91 Å². The first kappa shape index (κ1) is 13.1. The number of H-pyrrole nitrogens is 1. The van der Waals surface area contributed by atoms with Crippen LogP contribution in [0.2, 0.25) is 0 Å². The Morgan fingerprint density at radius 2 is 1.95 bits per heavy atom. The fourth-order valence-electron chi connectivity index (χ4n) is 2.20. The molecule has 1 amide bonds. The molecule has 0 radical (unpaired) electrons. The Morgan fingerprint density at radius 1 is 1.32 bits per heavy atom. The zero-order valence-corrected chi connectivity index (χ0v) is 11.1. The number of anilines is 1. The topological polar surface area (TPSA) is 73.4 Å². The van der Waals surface area contributed by atoms with Gasteiger partial charge in [0.15, 0.2) is 0 Å². The van der Waals surface area contributed by atoms with Crippen molar-refractivity contribution in [1.29, 1.82) is 0 Å². The van der Waals surface area contributed by atoms with Crippen molar-refractivity contribution < 1.29 is 14.7 Å². The third kappa shape index (κ3) is 2.19. The van der Waals surface area contributed by atoms with Crippen LogP contribution in [0.3, 0.4) is 0 Å². The van der Waals surface area contributed by atoms with E-state index < -0.39 is 17.8 Å². The molecule has 0 aliphatic carbocycles. The maximum Gasteiger partial charge on any atom is 0.315 e. The smallest absolute Gasteiger partial charge is 0.315 e. The summed E-state index contributed by atoms with van der Waals surface area (Å²) >= 11 is 0. The molecular weight excluding hydrogens is 244 g/mol. The normalized spacial score (nSPS) is 12.4. The Hall–Kier alpha value is -2.30. The number of carboxylic acids is 1. The summed E-state index contributed by atoms with van der Waals surface area (Å²) in [7, 11) is 1.60. The number of hydrogen-bond donors (Lipinski definition) is 2. The first-order valence-electron chi connectivity index (χ1n) is 6.01. The molecule has 5 heteroatoms. The Bertz CT molecular complexity index is 645. The van der Waals surface area contributed by atoms with Crippen molar-refractivity contribution in [3.63, 3.8) is 0 Å². The van der Waals surface area contributed by atoms with Crippen molar-refractivity contribution in [2.24, 2.45) is 5.92 Å². The predicted octanol–water partition coefficient (Wildman–Crippen LogP) is 2.16. The molecule has 1 unspecified atom stereocenters. The molecule has 0 saturated carbocycles. The molecule has 0 fully saturated rings. The largest absolute Gasteiger partial charge is 0.481 e. The van der Waals surface area contributed by atoms with Gasteiger partial charge in [0.1, 0.15) is 5.92 Å². The number of rotatable bonds is 3. The van der Waals surface area contributed by atoms with Gasteiger partial charge in [0, 0.05) is 23.6 Å². The van der Waals surface area contributed by atoms with Crippen LogP contribution in [0.15, 0.2) is 24.3 Å². The number of nitrogens with zero attached hydrogens (tertiary/aromatic N) is 1. The average Bonchev–Trinajstić information content (AvgIpc) is 2.71. The second-order valence-corrected chi connectivity index (χ2v) is 4.60. The average molecular weight is 260 g/mol. The van der Waals surface area contributed by atoms with E-state index in [2.05, 4.69) is 4.98 Å². The number of nitrogens with one attached hydrogen (secondary N) is 1. The number of carbonyl (C=O) groups is 2. The molecule has 19 heavy (non-hydrogen) atoms. The lowest BCUT2D eigenvalue weighted by Gasteiger charge is -2.20. The number of aromatic nitrogens is 1. The second-order valence-electron chi connectivity index (χ2n) is 4.60. The van der Waals surface area contributed by atoms with Crippen molar-refractivity contribution in [2.75, 3.05) is 11.9 Å². The lowest BCUT2D eigenvalue weighted by atomic mass is 10.1. The molecule has 100 valence electrons. The Kier molecular flexibility index (Phi) is 3.29. The molecule has 2 aromatic rings. The first-order valence-corrected chi connectivity index (χ1v) is 6.01. The molecular formula is C14H16N2O3. The minimum Gasteiger partial charge on any atom is -0.481 e. The van der Waals surface area contributed by atoms with Gasteiger partial charge in [0.25, 0.3) is 0 Å². The van der Waals surface area contributed by atoms with E-state index in [4.69, 9.17) is 5.11 Å². The summed E-state index contributed by atoms with van der Waals surface area (Å²) in [5.41, 5.74) is 2.50. The van der Waals surface area contributed by atoms with Gasteiger partial charge < -0.3 is 15.0 Å². The molecule has 2 N–H and O–H groups in total. The van der Waals surface area contributed by atoms with Crippen LogP contribution in [0.4, 0.5) is 5.69 Å². The number of benzene rings is 1. The molecule has 5 nitrogen and oxygen atoms in total. The second kappa shape index (κ2) is 4.76. The van der Waals surface area contributed by atoms with Gasteiger partial charge >= 0.3 is 5.97 Å². The van der Waals surface area contributed by atoms with Gasteiger partial charge in [-0.05, 0) is 19.9 Å². The fourth-order valence-corrected chi connectivity index (χ4v) is 2.20. The highest BCUT2D eigenvalue weighted by Crippen LogP contribution is 2.30. The highest BCUT2D eigenvalue weighted by Gasteiger charge is 2.27. The highest BCUT2D eigenvalue weighted by atomic mass is 16.4. The van der Waals surface area contributed by atoms with Crippen LogP contribution in [0.1, 0.15) is 12.6 Å². The van der Waals surface area contributed by atoms with Crippen LogP contribution in [-0.2, 0) is 9.59 Å². The number of aromatic amines is 1. The molecule has 2 rings (SSSR count). The van der Waals surface area contributed by atoms with Crippen LogP contribution in [-0.4, -0.2) is 29.0 Å². The van der Waals surface area contributed by atoms with Gasteiger partial charge in [-0.1, -0.05) is 18.2 Å². The molecule has 1 atom stereocenters. The number of para-hydroxylation sites is 1. The van der Waals surface area contributed by atoms with E-state index in [0.29, 0.717) is 0 Å². The third-order valence-electron chi connectivity index (χ3n) is 3.27. The van der Waals surface area contributed by atoms with E-state index in [1.165, 1.54) is 11.8 Å². The Morgan fingerprint density at radius 3 is 2.58 bits per heavy atom. The maximum absolute atomic E-state index is 12.1. The summed E-state index contributed by atoms with van der Waals surface area (Å²) in [5.74, 6) is -2.60. The zero-order chi connectivity index (χ0) is 14.2. The Labute approximate surface area is 110 Å². The molecule has 0 aliphatic heterocycles. The van der Waals surface area contributed by atoms with Gasteiger partial charge in [-0.3, -0.25) is 9.59 Å². The summed E-state index contributed by atoms with van der Waals surface area (Å²) in [6.45, 7) is 3.26. The van der Waals surface area contributed by atoms with E-state index in [0.717, 1.165) is 22.3 Å². The highest BCUT2D eigenvalue weighted by molar-refractivity contribution is 6.10. The summed E-state index contributed by atoms with van der Waals surface area (Å²) < 4.78 is 0. The lowest BCUT2D eigenvalue weighted by Crippen LogP contribution is -2.35. The number of hydrogen-bond acceptors (Lipinski definition) is 2. The zero-order valence-electron chi connectivity index (χ0n) is 11.1. The molecule has 1 heterocycles. The molecule has 0 spiro atoms. The Balaban J connectivity index is 2.47. The monoisotopic (exact) mass is 260 g/mol. The van der Waals surface area contributed by atoms with Crippen molar-refractivity contribution >= 4 is 28.5 Å². The van der Waals surface area contributed by atoms with Gasteiger partial charge in [-0.15, -0.1) is 0 Å². The van der Waals surface area contributed by atoms with E-state index in [9.17, 15) is 9.59 Å². The van der Waals surface area contributed by atoms with Gasteiger partial charge in [0.05, 0.1) is 5.69 Å². The number of aliphatic carboxylic acids is 1. The number of fused-ring (bicyclic) bond motifs is 1. The number of amides is 1. The minimum absolute atomic E-state index is 0.430.